The van der Waals surface area contributed by atoms with Crippen LogP contribution in [-0.4, -0.2) is 26.9 Å². The third-order valence-electron chi connectivity index (χ3n) is 4.06. The zero-order valence-electron chi connectivity index (χ0n) is 13.4. The minimum atomic E-state index is -4.61. The number of nitrogens with zero attached hydrogens (tertiary/aromatic N) is 1. The van der Waals surface area contributed by atoms with Gasteiger partial charge in [-0.25, -0.2) is 8.42 Å². The van der Waals surface area contributed by atoms with Gasteiger partial charge in [-0.3, -0.25) is 4.79 Å². The van der Waals surface area contributed by atoms with Crippen molar-refractivity contribution in [3.05, 3.63) is 60.2 Å². The van der Waals surface area contributed by atoms with Gasteiger partial charge in [0.15, 0.2) is 0 Å². The molecule has 0 spiro atoms. The van der Waals surface area contributed by atoms with Crippen molar-refractivity contribution in [3.8, 4) is 0 Å². The molecule has 1 saturated heterocycles. The van der Waals surface area contributed by atoms with Crippen LogP contribution in [-0.2, 0) is 21.0 Å². The predicted octanol–water partition coefficient (Wildman–Crippen LogP) is 2.79. The Kier molecular flexibility index (Phi) is 4.76. The Morgan fingerprint density at radius 3 is 2.27 bits per heavy atom. The third kappa shape index (κ3) is 3.58. The largest absolute Gasteiger partial charge is 0.418 e. The summed E-state index contributed by atoms with van der Waals surface area (Å²) in [6, 6.07) is 11.1. The van der Waals surface area contributed by atoms with Gasteiger partial charge in [-0.2, -0.15) is 17.9 Å². The molecule has 138 valence electrons. The molecule has 5 nitrogen and oxygen atoms in total. The summed E-state index contributed by atoms with van der Waals surface area (Å²) >= 11 is 0. The molecule has 1 aliphatic rings. The van der Waals surface area contributed by atoms with Crippen LogP contribution >= 0.6 is 0 Å². The van der Waals surface area contributed by atoms with Crippen molar-refractivity contribution in [2.24, 2.45) is 0 Å². The van der Waals surface area contributed by atoms with E-state index < -0.39 is 33.7 Å². The minimum absolute atomic E-state index is 0.00605. The van der Waals surface area contributed by atoms with Crippen LogP contribution in [0.1, 0.15) is 12.0 Å². The Balaban J connectivity index is 1.84. The summed E-state index contributed by atoms with van der Waals surface area (Å²) in [5, 5.41) is 0. The second-order valence-corrected chi connectivity index (χ2v) is 7.49. The minimum Gasteiger partial charge on any atom is -0.310 e. The predicted molar refractivity (Wildman–Crippen MR) is 89.0 cm³/mol. The van der Waals surface area contributed by atoms with Gasteiger partial charge >= 0.3 is 6.18 Å². The highest BCUT2D eigenvalue weighted by Gasteiger charge is 2.40. The number of hydrogen-bond acceptors (Lipinski definition) is 3. The fourth-order valence-corrected chi connectivity index (χ4v) is 4.08. The molecule has 9 heteroatoms. The van der Waals surface area contributed by atoms with E-state index in [2.05, 4.69) is 4.72 Å². The maximum atomic E-state index is 13.2. The molecule has 26 heavy (non-hydrogen) atoms. The highest BCUT2D eigenvalue weighted by molar-refractivity contribution is 7.89. The van der Waals surface area contributed by atoms with Crippen LogP contribution in [0.5, 0.6) is 0 Å². The number of amides is 1. The average molecular weight is 384 g/mol. The molecule has 1 aliphatic heterocycles. The normalized spacial score (nSPS) is 18.3. The van der Waals surface area contributed by atoms with E-state index in [-0.39, 0.29) is 23.5 Å². The molecule has 0 aromatic heterocycles. The molecule has 1 fully saturated rings. The molecule has 0 bridgehead atoms. The molecule has 1 atom stereocenters. The molecule has 0 radical (unpaired) electrons. The quantitative estimate of drug-likeness (QED) is 0.882. The van der Waals surface area contributed by atoms with Crippen LogP contribution < -0.4 is 9.62 Å². The number of hydrogen-bond donors (Lipinski definition) is 1. The number of halogens is 3. The van der Waals surface area contributed by atoms with Crippen LogP contribution in [0, 0.1) is 0 Å². The van der Waals surface area contributed by atoms with E-state index in [1.54, 1.807) is 6.07 Å². The summed E-state index contributed by atoms with van der Waals surface area (Å²) in [4.78, 5) is 13.5. The summed E-state index contributed by atoms with van der Waals surface area (Å²) in [5.74, 6) is -0.707. The van der Waals surface area contributed by atoms with Gasteiger partial charge < -0.3 is 4.90 Å². The van der Waals surface area contributed by atoms with E-state index in [4.69, 9.17) is 0 Å². The van der Waals surface area contributed by atoms with Crippen LogP contribution in [0.15, 0.2) is 59.5 Å². The summed E-state index contributed by atoms with van der Waals surface area (Å²) in [6.07, 6.45) is -4.53. The van der Waals surface area contributed by atoms with E-state index in [1.807, 2.05) is 0 Å². The van der Waals surface area contributed by atoms with Crippen molar-refractivity contribution in [2.45, 2.75) is 23.5 Å². The highest BCUT2D eigenvalue weighted by atomic mass is 32.2. The Labute approximate surface area is 148 Å². The number of benzene rings is 2. The van der Waals surface area contributed by atoms with Gasteiger partial charge in [0.1, 0.15) is 6.04 Å². The summed E-state index contributed by atoms with van der Waals surface area (Å²) in [5.41, 5.74) is -1.20. The Morgan fingerprint density at radius 1 is 1.00 bits per heavy atom. The fourth-order valence-electron chi connectivity index (χ4n) is 2.83. The molecule has 1 amide bonds. The lowest BCUT2D eigenvalue weighted by Gasteiger charge is -2.21. The van der Waals surface area contributed by atoms with Crippen molar-refractivity contribution < 1.29 is 26.4 Å². The molecule has 3 rings (SSSR count). The molecule has 2 aromatic rings. The Bertz CT molecular complexity index is 914. The summed E-state index contributed by atoms with van der Waals surface area (Å²) in [7, 11) is -3.94. The number of sulfonamides is 1. The van der Waals surface area contributed by atoms with Gasteiger partial charge in [0, 0.05) is 6.54 Å². The number of para-hydroxylation sites is 1. The van der Waals surface area contributed by atoms with Crippen molar-refractivity contribution >= 4 is 21.6 Å². The van der Waals surface area contributed by atoms with Crippen LogP contribution in [0.3, 0.4) is 0 Å². The maximum Gasteiger partial charge on any atom is 0.418 e. The van der Waals surface area contributed by atoms with Crippen molar-refractivity contribution in [1.82, 2.24) is 4.72 Å². The van der Waals surface area contributed by atoms with E-state index in [0.29, 0.717) is 0 Å². The molecule has 0 saturated carbocycles. The van der Waals surface area contributed by atoms with Crippen molar-refractivity contribution in [2.75, 3.05) is 11.4 Å². The van der Waals surface area contributed by atoms with Gasteiger partial charge in [-0.05, 0) is 30.7 Å². The van der Waals surface area contributed by atoms with Gasteiger partial charge in [-0.1, -0.05) is 30.3 Å². The first-order valence-corrected chi connectivity index (χ1v) is 9.23. The smallest absolute Gasteiger partial charge is 0.310 e. The second kappa shape index (κ2) is 6.73. The first kappa shape index (κ1) is 18.4. The molecule has 2 aromatic carbocycles. The SMILES string of the molecule is O=C1C(NS(=O)(=O)c2ccccc2)CCN1c1ccccc1C(F)(F)F. The lowest BCUT2D eigenvalue weighted by molar-refractivity contribution is -0.137. The average Bonchev–Trinajstić information content (AvgIpc) is 2.95. The van der Waals surface area contributed by atoms with Gasteiger partial charge in [0.25, 0.3) is 0 Å². The molecule has 1 unspecified atom stereocenters. The number of carbonyl (C=O) groups is 1. The fraction of sp³-hybridized carbons (Fsp3) is 0.235. The van der Waals surface area contributed by atoms with E-state index >= 15 is 0 Å². The van der Waals surface area contributed by atoms with Crippen LogP contribution in [0.2, 0.25) is 0 Å². The Morgan fingerprint density at radius 2 is 1.62 bits per heavy atom. The van der Waals surface area contributed by atoms with E-state index in [1.165, 1.54) is 42.5 Å². The zero-order chi connectivity index (χ0) is 18.9. The van der Waals surface area contributed by atoms with Crippen molar-refractivity contribution in [1.29, 1.82) is 0 Å². The second-order valence-electron chi connectivity index (χ2n) is 5.78. The first-order chi connectivity index (χ1) is 12.2. The number of carbonyl (C=O) groups excluding carboxylic acids is 1. The molecular formula is C17H15F3N2O3S. The van der Waals surface area contributed by atoms with Crippen LogP contribution in [0.25, 0.3) is 0 Å². The molecule has 1 heterocycles. The molecule has 0 aliphatic carbocycles. The standard InChI is InChI=1S/C17H15F3N2O3S/c18-17(19,20)13-8-4-5-9-15(13)22-11-10-14(16(22)23)21-26(24,25)12-6-2-1-3-7-12/h1-9,14,21H,10-11H2. The first-order valence-electron chi connectivity index (χ1n) is 7.75. The number of alkyl halides is 3. The number of nitrogens with one attached hydrogen (secondary N) is 1. The number of rotatable bonds is 4. The highest BCUT2D eigenvalue weighted by Crippen LogP contribution is 2.37. The van der Waals surface area contributed by atoms with Crippen molar-refractivity contribution in [3.63, 3.8) is 0 Å². The zero-order valence-corrected chi connectivity index (χ0v) is 14.2. The van der Waals surface area contributed by atoms with E-state index in [9.17, 15) is 26.4 Å². The molecule has 1 N–H and O–H groups in total. The third-order valence-corrected chi connectivity index (χ3v) is 5.54. The molecular weight excluding hydrogens is 369 g/mol. The monoisotopic (exact) mass is 384 g/mol. The Hall–Kier alpha value is -2.39. The number of anilines is 1. The van der Waals surface area contributed by atoms with Gasteiger partial charge in [-0.15, -0.1) is 0 Å². The van der Waals surface area contributed by atoms with Crippen LogP contribution in [0.4, 0.5) is 18.9 Å². The van der Waals surface area contributed by atoms with Gasteiger partial charge in [0.2, 0.25) is 15.9 Å². The summed E-state index contributed by atoms with van der Waals surface area (Å²) < 4.78 is 66.5. The lowest BCUT2D eigenvalue weighted by atomic mass is 10.1. The summed E-state index contributed by atoms with van der Waals surface area (Å²) in [6.45, 7) is -0.00605. The van der Waals surface area contributed by atoms with Gasteiger partial charge in [0.05, 0.1) is 16.1 Å². The maximum absolute atomic E-state index is 13.2. The lowest BCUT2D eigenvalue weighted by Crippen LogP contribution is -2.41. The topological polar surface area (TPSA) is 66.5 Å². The van der Waals surface area contributed by atoms with E-state index in [0.717, 1.165) is 11.0 Å².